The van der Waals surface area contributed by atoms with Gasteiger partial charge in [-0.1, -0.05) is 24.3 Å². The monoisotopic (exact) mass is 366 g/mol. The molecule has 26 heavy (non-hydrogen) atoms. The summed E-state index contributed by atoms with van der Waals surface area (Å²) in [5, 5.41) is 1.05. The third kappa shape index (κ3) is 3.13. The van der Waals surface area contributed by atoms with Crippen LogP contribution in [-0.4, -0.2) is 35.5 Å². The van der Waals surface area contributed by atoms with Crippen LogP contribution in [0, 0.1) is 13.8 Å². The average molecular weight is 366 g/mol. The molecule has 3 aromatic rings. The van der Waals surface area contributed by atoms with Gasteiger partial charge in [-0.3, -0.25) is 4.98 Å². The number of benzene rings is 2. The quantitative estimate of drug-likeness (QED) is 0.706. The fourth-order valence-corrected chi connectivity index (χ4v) is 4.61. The van der Waals surface area contributed by atoms with E-state index in [2.05, 4.69) is 29.8 Å². The van der Waals surface area contributed by atoms with Crippen molar-refractivity contribution < 1.29 is 8.95 Å². The second kappa shape index (κ2) is 7.17. The fourth-order valence-electron chi connectivity index (χ4n) is 3.31. The number of ether oxygens (including phenoxy) is 1. The van der Waals surface area contributed by atoms with Crippen LogP contribution >= 0.6 is 0 Å². The first-order chi connectivity index (χ1) is 12.6. The number of aromatic nitrogens is 1. The number of fused-ring (bicyclic) bond motifs is 1. The van der Waals surface area contributed by atoms with Gasteiger partial charge in [-0.05, 0) is 43.2 Å². The number of para-hydroxylation sites is 1. The summed E-state index contributed by atoms with van der Waals surface area (Å²) in [6.45, 7) is 7.09. The standard InChI is InChI=1S/C21H22N2O2S/c1-15-7-8-17(13-16(15)2)26(24)20-14-22-19-6-4-3-5-18(19)21(20)23-9-11-25-12-10-23/h3-8,13-14H,9-12H2,1-2H3. The molecular formula is C21H22N2O2S. The van der Waals surface area contributed by atoms with E-state index in [9.17, 15) is 4.21 Å². The van der Waals surface area contributed by atoms with Crippen LogP contribution in [0.1, 0.15) is 11.1 Å². The number of hydrogen-bond donors (Lipinski definition) is 0. The van der Waals surface area contributed by atoms with Crippen LogP contribution < -0.4 is 4.90 Å². The van der Waals surface area contributed by atoms with E-state index in [-0.39, 0.29) is 0 Å². The zero-order chi connectivity index (χ0) is 18.1. The number of anilines is 1. The molecule has 0 bridgehead atoms. The number of rotatable bonds is 3. The highest BCUT2D eigenvalue weighted by Gasteiger charge is 2.22. The first kappa shape index (κ1) is 17.2. The normalized spacial score (nSPS) is 16.0. The zero-order valence-electron chi connectivity index (χ0n) is 15.1. The summed E-state index contributed by atoms with van der Waals surface area (Å²) in [4.78, 5) is 8.44. The van der Waals surface area contributed by atoms with Crippen molar-refractivity contribution in [1.82, 2.24) is 4.98 Å². The molecule has 5 heteroatoms. The van der Waals surface area contributed by atoms with Crippen molar-refractivity contribution in [2.24, 2.45) is 0 Å². The molecule has 2 aromatic carbocycles. The van der Waals surface area contributed by atoms with Gasteiger partial charge >= 0.3 is 0 Å². The molecule has 1 fully saturated rings. The molecule has 0 amide bonds. The molecule has 4 nitrogen and oxygen atoms in total. The highest BCUT2D eigenvalue weighted by Crippen LogP contribution is 2.34. The van der Waals surface area contributed by atoms with E-state index >= 15 is 0 Å². The molecule has 1 aromatic heterocycles. The smallest absolute Gasteiger partial charge is 0.0886 e. The van der Waals surface area contributed by atoms with Crippen molar-refractivity contribution in [3.05, 3.63) is 59.8 Å². The van der Waals surface area contributed by atoms with Crippen molar-refractivity contribution in [1.29, 1.82) is 0 Å². The van der Waals surface area contributed by atoms with Gasteiger partial charge in [0, 0.05) is 29.6 Å². The van der Waals surface area contributed by atoms with Crippen LogP contribution in [0.2, 0.25) is 0 Å². The third-order valence-corrected chi connectivity index (χ3v) is 6.31. The van der Waals surface area contributed by atoms with E-state index in [1.54, 1.807) is 6.20 Å². The van der Waals surface area contributed by atoms with E-state index in [1.165, 1.54) is 5.56 Å². The number of nitrogens with zero attached hydrogens (tertiary/aromatic N) is 2. The predicted molar refractivity (Wildman–Crippen MR) is 105 cm³/mol. The lowest BCUT2D eigenvalue weighted by Gasteiger charge is -2.31. The lowest BCUT2D eigenvalue weighted by atomic mass is 10.1. The Morgan fingerprint density at radius 2 is 1.81 bits per heavy atom. The molecule has 1 atom stereocenters. The van der Waals surface area contributed by atoms with E-state index in [4.69, 9.17) is 4.74 Å². The van der Waals surface area contributed by atoms with E-state index in [0.717, 1.165) is 45.0 Å². The van der Waals surface area contributed by atoms with E-state index in [1.807, 2.05) is 36.4 Å². The number of aryl methyl sites for hydroxylation is 2. The minimum atomic E-state index is -1.28. The van der Waals surface area contributed by atoms with Crippen molar-refractivity contribution in [3.63, 3.8) is 0 Å². The maximum absolute atomic E-state index is 13.4. The predicted octanol–water partition coefficient (Wildman–Crippen LogP) is 3.85. The Labute approximate surface area is 156 Å². The molecule has 0 saturated carbocycles. The summed E-state index contributed by atoms with van der Waals surface area (Å²) >= 11 is 0. The van der Waals surface area contributed by atoms with Crippen LogP contribution in [0.15, 0.2) is 58.5 Å². The Balaban J connectivity index is 1.88. The van der Waals surface area contributed by atoms with Crippen molar-refractivity contribution in [2.75, 3.05) is 31.2 Å². The molecule has 2 heterocycles. The fraction of sp³-hybridized carbons (Fsp3) is 0.286. The van der Waals surface area contributed by atoms with Crippen LogP contribution in [0.4, 0.5) is 5.69 Å². The average Bonchev–Trinajstić information content (AvgIpc) is 2.69. The lowest BCUT2D eigenvalue weighted by molar-refractivity contribution is 0.122. The second-order valence-corrected chi connectivity index (χ2v) is 8.05. The molecule has 0 spiro atoms. The Morgan fingerprint density at radius 3 is 2.58 bits per heavy atom. The number of morpholine rings is 1. The molecule has 0 radical (unpaired) electrons. The highest BCUT2D eigenvalue weighted by atomic mass is 32.2. The molecule has 1 aliphatic rings. The molecule has 1 aliphatic heterocycles. The third-order valence-electron chi connectivity index (χ3n) is 4.93. The largest absolute Gasteiger partial charge is 0.378 e. The number of hydrogen-bond acceptors (Lipinski definition) is 4. The Bertz CT molecular complexity index is 981. The maximum Gasteiger partial charge on any atom is 0.0886 e. The molecule has 134 valence electrons. The summed E-state index contributed by atoms with van der Waals surface area (Å²) in [5.41, 5.74) is 4.30. The van der Waals surface area contributed by atoms with Crippen LogP contribution in [-0.2, 0) is 15.5 Å². The van der Waals surface area contributed by atoms with Crippen molar-refractivity contribution in [3.8, 4) is 0 Å². The summed E-state index contributed by atoms with van der Waals surface area (Å²) in [5.74, 6) is 0. The Hall–Kier alpha value is -2.24. The minimum Gasteiger partial charge on any atom is -0.378 e. The minimum absolute atomic E-state index is 0.687. The van der Waals surface area contributed by atoms with Gasteiger partial charge in [0.05, 0.1) is 40.1 Å². The van der Waals surface area contributed by atoms with Gasteiger partial charge in [-0.25, -0.2) is 4.21 Å². The summed E-state index contributed by atoms with van der Waals surface area (Å²) in [7, 11) is -1.28. The Morgan fingerprint density at radius 1 is 1.04 bits per heavy atom. The van der Waals surface area contributed by atoms with Crippen molar-refractivity contribution in [2.45, 2.75) is 23.6 Å². The lowest BCUT2D eigenvalue weighted by Crippen LogP contribution is -2.37. The summed E-state index contributed by atoms with van der Waals surface area (Å²) in [6, 6.07) is 14.1. The second-order valence-electron chi connectivity index (χ2n) is 6.60. The summed E-state index contributed by atoms with van der Waals surface area (Å²) in [6.07, 6.45) is 1.78. The number of pyridine rings is 1. The van der Waals surface area contributed by atoms with Gasteiger partial charge in [0.1, 0.15) is 0 Å². The van der Waals surface area contributed by atoms with Gasteiger partial charge in [-0.15, -0.1) is 0 Å². The molecule has 1 saturated heterocycles. The topological polar surface area (TPSA) is 42.4 Å². The Kier molecular flexibility index (Phi) is 4.74. The van der Waals surface area contributed by atoms with Gasteiger partial charge < -0.3 is 9.64 Å². The highest BCUT2D eigenvalue weighted by molar-refractivity contribution is 7.85. The molecule has 0 N–H and O–H groups in total. The van der Waals surface area contributed by atoms with Gasteiger partial charge in [0.15, 0.2) is 0 Å². The van der Waals surface area contributed by atoms with E-state index in [0.29, 0.717) is 13.2 Å². The van der Waals surface area contributed by atoms with Crippen LogP contribution in [0.3, 0.4) is 0 Å². The zero-order valence-corrected chi connectivity index (χ0v) is 15.9. The van der Waals surface area contributed by atoms with Gasteiger partial charge in [0.25, 0.3) is 0 Å². The first-order valence-electron chi connectivity index (χ1n) is 8.84. The molecular weight excluding hydrogens is 344 g/mol. The van der Waals surface area contributed by atoms with Crippen LogP contribution in [0.25, 0.3) is 10.9 Å². The molecule has 1 unspecified atom stereocenters. The molecule has 4 rings (SSSR count). The van der Waals surface area contributed by atoms with Crippen molar-refractivity contribution >= 4 is 27.4 Å². The van der Waals surface area contributed by atoms with Gasteiger partial charge in [-0.2, -0.15) is 0 Å². The van der Waals surface area contributed by atoms with Crippen LogP contribution in [0.5, 0.6) is 0 Å². The maximum atomic E-state index is 13.4. The van der Waals surface area contributed by atoms with E-state index < -0.39 is 10.8 Å². The molecule has 0 aliphatic carbocycles. The van der Waals surface area contributed by atoms with Gasteiger partial charge in [0.2, 0.25) is 0 Å². The summed E-state index contributed by atoms with van der Waals surface area (Å²) < 4.78 is 18.9. The first-order valence-corrected chi connectivity index (χ1v) is 9.99. The SMILES string of the molecule is Cc1ccc(S(=O)c2cnc3ccccc3c2N2CCOCC2)cc1C.